The van der Waals surface area contributed by atoms with Crippen molar-refractivity contribution < 1.29 is 13.9 Å². The van der Waals surface area contributed by atoms with Crippen LogP contribution in [0, 0.1) is 12.7 Å². The Hall–Kier alpha value is -0.870. The number of halogens is 3. The van der Waals surface area contributed by atoms with E-state index in [2.05, 4.69) is 4.98 Å². The molecule has 0 unspecified atom stereocenters. The van der Waals surface area contributed by atoms with E-state index in [1.54, 1.807) is 6.92 Å². The van der Waals surface area contributed by atoms with Gasteiger partial charge in [0.05, 0.1) is 6.61 Å². The summed E-state index contributed by atoms with van der Waals surface area (Å²) in [6.45, 7) is 3.21. The van der Waals surface area contributed by atoms with E-state index in [1.165, 1.54) is 6.92 Å². The molecule has 0 saturated carbocycles. The van der Waals surface area contributed by atoms with Crippen LogP contribution in [-0.2, 0) is 4.74 Å². The molecule has 0 bridgehead atoms. The topological polar surface area (TPSA) is 39.2 Å². The first-order valence-electron chi connectivity index (χ1n) is 4.17. The van der Waals surface area contributed by atoms with Crippen molar-refractivity contribution in [3.63, 3.8) is 0 Å². The zero-order valence-corrected chi connectivity index (χ0v) is 9.62. The lowest BCUT2D eigenvalue weighted by molar-refractivity contribution is 0.0524. The van der Waals surface area contributed by atoms with Crippen molar-refractivity contribution in [1.82, 2.24) is 4.98 Å². The number of hydrogen-bond acceptors (Lipinski definition) is 3. The maximum Gasteiger partial charge on any atom is 0.341 e. The minimum atomic E-state index is -0.760. The summed E-state index contributed by atoms with van der Waals surface area (Å²) in [5, 5.41) is -0.511. The molecule has 0 saturated heterocycles. The number of hydrogen-bond donors (Lipinski definition) is 0. The Labute approximate surface area is 96.2 Å². The standard InChI is InChI=1S/C9H8Cl2FNO2/c1-3-15-9(14)5-4(2)6(12)8(11)13-7(5)10/h3H2,1-2H3. The smallest absolute Gasteiger partial charge is 0.341 e. The van der Waals surface area contributed by atoms with Gasteiger partial charge in [0.25, 0.3) is 0 Å². The quantitative estimate of drug-likeness (QED) is 0.599. The molecule has 0 aliphatic heterocycles. The first kappa shape index (κ1) is 12.2. The van der Waals surface area contributed by atoms with Crippen molar-refractivity contribution in [2.75, 3.05) is 6.61 Å². The van der Waals surface area contributed by atoms with Gasteiger partial charge < -0.3 is 4.74 Å². The van der Waals surface area contributed by atoms with E-state index in [0.29, 0.717) is 0 Å². The van der Waals surface area contributed by atoms with Gasteiger partial charge in [-0.15, -0.1) is 0 Å². The fourth-order valence-electron chi connectivity index (χ4n) is 1.05. The maximum absolute atomic E-state index is 13.3. The minimum Gasteiger partial charge on any atom is -0.462 e. The zero-order valence-electron chi connectivity index (χ0n) is 8.10. The van der Waals surface area contributed by atoms with Crippen LogP contribution in [0.3, 0.4) is 0 Å². The fraction of sp³-hybridized carbons (Fsp3) is 0.333. The van der Waals surface area contributed by atoms with E-state index >= 15 is 0 Å². The van der Waals surface area contributed by atoms with E-state index in [0.717, 1.165) is 0 Å². The van der Waals surface area contributed by atoms with Crippen molar-refractivity contribution in [1.29, 1.82) is 0 Å². The van der Waals surface area contributed by atoms with Crippen molar-refractivity contribution >= 4 is 29.2 Å². The molecule has 1 rings (SSSR count). The molecule has 15 heavy (non-hydrogen) atoms. The number of aromatic nitrogens is 1. The summed E-state index contributed by atoms with van der Waals surface area (Å²) in [6.07, 6.45) is 0. The molecule has 82 valence electrons. The van der Waals surface area contributed by atoms with Gasteiger partial charge in [-0.3, -0.25) is 0 Å². The molecular weight excluding hydrogens is 244 g/mol. The highest BCUT2D eigenvalue weighted by Crippen LogP contribution is 2.25. The third-order valence-electron chi connectivity index (χ3n) is 1.77. The molecule has 6 heteroatoms. The van der Waals surface area contributed by atoms with Gasteiger partial charge in [0.1, 0.15) is 10.7 Å². The Balaban J connectivity index is 3.29. The van der Waals surface area contributed by atoms with Gasteiger partial charge in [0.15, 0.2) is 11.0 Å². The Bertz CT molecular complexity index is 410. The van der Waals surface area contributed by atoms with E-state index in [9.17, 15) is 9.18 Å². The van der Waals surface area contributed by atoms with Crippen LogP contribution in [0.5, 0.6) is 0 Å². The number of ether oxygens (including phenoxy) is 1. The molecule has 0 fully saturated rings. The van der Waals surface area contributed by atoms with Crippen LogP contribution >= 0.6 is 23.2 Å². The summed E-state index contributed by atoms with van der Waals surface area (Å²) in [4.78, 5) is 14.9. The molecule has 0 aliphatic rings. The third kappa shape index (κ3) is 2.38. The van der Waals surface area contributed by atoms with Gasteiger partial charge in [-0.25, -0.2) is 14.2 Å². The molecule has 0 amide bonds. The second-order valence-corrected chi connectivity index (χ2v) is 3.44. The predicted octanol–water partition coefficient (Wildman–Crippen LogP) is 3.01. The van der Waals surface area contributed by atoms with Crippen molar-refractivity contribution in [2.45, 2.75) is 13.8 Å². The number of carbonyl (C=O) groups is 1. The molecule has 1 aromatic rings. The van der Waals surface area contributed by atoms with E-state index in [1.807, 2.05) is 0 Å². The summed E-state index contributed by atoms with van der Waals surface area (Å²) < 4.78 is 18.0. The number of nitrogens with zero attached hydrogens (tertiary/aromatic N) is 1. The SMILES string of the molecule is CCOC(=O)c1c(Cl)nc(Cl)c(F)c1C. The second-order valence-electron chi connectivity index (χ2n) is 2.73. The summed E-state index contributed by atoms with van der Waals surface area (Å²) >= 11 is 11.1. The van der Waals surface area contributed by atoms with Crippen LogP contribution in [0.25, 0.3) is 0 Å². The van der Waals surface area contributed by atoms with Gasteiger partial charge in [-0.1, -0.05) is 23.2 Å². The van der Waals surface area contributed by atoms with Gasteiger partial charge in [0.2, 0.25) is 0 Å². The van der Waals surface area contributed by atoms with Crippen LogP contribution in [-0.4, -0.2) is 17.6 Å². The van der Waals surface area contributed by atoms with Crippen molar-refractivity contribution in [3.8, 4) is 0 Å². The van der Waals surface area contributed by atoms with Crippen LogP contribution < -0.4 is 0 Å². The Morgan fingerprint density at radius 2 is 2.07 bits per heavy atom. The van der Waals surface area contributed by atoms with Crippen LogP contribution in [0.15, 0.2) is 0 Å². The van der Waals surface area contributed by atoms with Crippen LogP contribution in [0.1, 0.15) is 22.8 Å². The molecule has 3 nitrogen and oxygen atoms in total. The largest absolute Gasteiger partial charge is 0.462 e. The number of pyridine rings is 1. The van der Waals surface area contributed by atoms with Gasteiger partial charge in [-0.2, -0.15) is 0 Å². The minimum absolute atomic E-state index is 0.0402. The first-order chi connectivity index (χ1) is 6.99. The van der Waals surface area contributed by atoms with Crippen LogP contribution in [0.4, 0.5) is 4.39 Å². The highest BCUT2D eigenvalue weighted by atomic mass is 35.5. The average Bonchev–Trinajstić information content (AvgIpc) is 2.15. The highest BCUT2D eigenvalue weighted by molar-refractivity contribution is 6.34. The van der Waals surface area contributed by atoms with Crippen LogP contribution in [0.2, 0.25) is 10.3 Å². The summed E-state index contributed by atoms with van der Waals surface area (Å²) in [6, 6.07) is 0. The average molecular weight is 252 g/mol. The normalized spacial score (nSPS) is 10.2. The highest BCUT2D eigenvalue weighted by Gasteiger charge is 2.21. The van der Waals surface area contributed by atoms with Crippen molar-refractivity contribution in [3.05, 3.63) is 27.3 Å². The first-order valence-corrected chi connectivity index (χ1v) is 4.92. The predicted molar refractivity (Wildman–Crippen MR) is 54.9 cm³/mol. The lowest BCUT2D eigenvalue weighted by Crippen LogP contribution is -2.10. The summed E-state index contributed by atoms with van der Waals surface area (Å²) in [5.74, 6) is -1.47. The molecule has 0 spiro atoms. The van der Waals surface area contributed by atoms with Gasteiger partial charge >= 0.3 is 5.97 Å². The second kappa shape index (κ2) is 4.77. The molecular formula is C9H8Cl2FNO2. The fourth-order valence-corrected chi connectivity index (χ4v) is 1.62. The van der Waals surface area contributed by atoms with E-state index < -0.39 is 11.8 Å². The molecule has 0 radical (unpaired) electrons. The number of carbonyl (C=O) groups excluding carboxylic acids is 1. The Kier molecular flexibility index (Phi) is 3.88. The van der Waals surface area contributed by atoms with E-state index in [-0.39, 0.29) is 28.0 Å². The lowest BCUT2D eigenvalue weighted by Gasteiger charge is -2.08. The molecule has 1 aromatic heterocycles. The summed E-state index contributed by atoms with van der Waals surface area (Å²) in [7, 11) is 0. The maximum atomic E-state index is 13.3. The lowest BCUT2D eigenvalue weighted by atomic mass is 10.1. The van der Waals surface area contributed by atoms with Gasteiger partial charge in [0, 0.05) is 5.56 Å². The monoisotopic (exact) mass is 251 g/mol. The summed E-state index contributed by atoms with van der Waals surface area (Å²) in [5.41, 5.74) is -0.0427. The Morgan fingerprint density at radius 1 is 1.47 bits per heavy atom. The number of esters is 1. The zero-order chi connectivity index (χ0) is 11.6. The molecule has 1 heterocycles. The molecule has 0 aromatic carbocycles. The molecule has 0 aliphatic carbocycles. The molecule has 0 atom stereocenters. The third-order valence-corrected chi connectivity index (χ3v) is 2.29. The number of rotatable bonds is 2. The Morgan fingerprint density at radius 3 is 2.60 bits per heavy atom. The van der Waals surface area contributed by atoms with Crippen molar-refractivity contribution in [2.24, 2.45) is 0 Å². The van der Waals surface area contributed by atoms with E-state index in [4.69, 9.17) is 27.9 Å². The molecule has 0 N–H and O–H groups in total. The van der Waals surface area contributed by atoms with Gasteiger partial charge in [-0.05, 0) is 13.8 Å².